The van der Waals surface area contributed by atoms with Gasteiger partial charge in [-0.15, -0.1) is 0 Å². The standard InChI is InChI=1S/C28H25ClN2O4/c29-22-3-1-2-20(14-22)26(32)30-23-10-6-17(7-11-23)19-4-5-21-16-31(27(33)25(21)15-19)24-12-8-18(9-13-24)28(34)35/h1-7,10-11,14-15,18,24H,8-9,12-13,16H2,(H,30,32)(H,34,35). The third-order valence-electron chi connectivity index (χ3n) is 6.99. The molecule has 0 unspecified atom stereocenters. The van der Waals surface area contributed by atoms with Crippen LogP contribution in [0, 0.1) is 5.92 Å². The van der Waals surface area contributed by atoms with Crippen molar-refractivity contribution in [2.24, 2.45) is 5.92 Å². The van der Waals surface area contributed by atoms with E-state index in [1.807, 2.05) is 47.4 Å². The number of benzene rings is 3. The molecule has 1 saturated carbocycles. The highest BCUT2D eigenvalue weighted by atomic mass is 35.5. The number of nitrogens with zero attached hydrogens (tertiary/aromatic N) is 1. The van der Waals surface area contributed by atoms with Crippen LogP contribution in [0.2, 0.25) is 5.02 Å². The topological polar surface area (TPSA) is 86.7 Å². The molecule has 2 amide bonds. The maximum atomic E-state index is 13.2. The zero-order valence-corrected chi connectivity index (χ0v) is 19.8. The van der Waals surface area contributed by atoms with Crippen LogP contribution in [0.3, 0.4) is 0 Å². The molecule has 7 heteroatoms. The molecule has 3 aromatic rings. The molecule has 5 rings (SSSR count). The SMILES string of the molecule is O=C(Nc1ccc(-c2ccc3c(c2)C(=O)N(C2CCC(C(=O)O)CC2)C3)cc1)c1cccc(Cl)c1. The van der Waals surface area contributed by atoms with Crippen LogP contribution >= 0.6 is 11.6 Å². The monoisotopic (exact) mass is 488 g/mol. The number of carboxylic acid groups (broad SMARTS) is 1. The molecule has 0 spiro atoms. The summed E-state index contributed by atoms with van der Waals surface area (Å²) in [6.07, 6.45) is 2.69. The number of hydrogen-bond acceptors (Lipinski definition) is 3. The normalized spacial score (nSPS) is 19.3. The van der Waals surface area contributed by atoms with Crippen LogP contribution in [-0.2, 0) is 11.3 Å². The quantitative estimate of drug-likeness (QED) is 0.471. The number of anilines is 1. The first kappa shape index (κ1) is 23.1. The molecule has 0 radical (unpaired) electrons. The lowest BCUT2D eigenvalue weighted by Crippen LogP contribution is -2.39. The molecule has 0 bridgehead atoms. The predicted molar refractivity (Wildman–Crippen MR) is 135 cm³/mol. The fourth-order valence-electron chi connectivity index (χ4n) is 5.01. The molecule has 0 aromatic heterocycles. The van der Waals surface area contributed by atoms with Gasteiger partial charge in [0.2, 0.25) is 0 Å². The van der Waals surface area contributed by atoms with E-state index in [0.717, 1.165) is 29.5 Å². The van der Waals surface area contributed by atoms with Crippen LogP contribution in [0.4, 0.5) is 5.69 Å². The van der Waals surface area contributed by atoms with E-state index >= 15 is 0 Å². The molecule has 2 aliphatic rings. The largest absolute Gasteiger partial charge is 0.481 e. The Kier molecular flexibility index (Phi) is 6.31. The summed E-state index contributed by atoms with van der Waals surface area (Å²) in [7, 11) is 0. The summed E-state index contributed by atoms with van der Waals surface area (Å²) in [5.41, 5.74) is 4.74. The lowest BCUT2D eigenvalue weighted by atomic mass is 9.85. The molecule has 1 aliphatic carbocycles. The first-order valence-electron chi connectivity index (χ1n) is 11.7. The highest BCUT2D eigenvalue weighted by Crippen LogP contribution is 2.35. The Hall–Kier alpha value is -3.64. The van der Waals surface area contributed by atoms with Crippen molar-refractivity contribution in [3.05, 3.63) is 88.4 Å². The summed E-state index contributed by atoms with van der Waals surface area (Å²) < 4.78 is 0. The number of amides is 2. The van der Waals surface area contributed by atoms with Gasteiger partial charge in [-0.3, -0.25) is 14.4 Å². The van der Waals surface area contributed by atoms with E-state index in [1.165, 1.54) is 0 Å². The van der Waals surface area contributed by atoms with Crippen molar-refractivity contribution in [2.75, 3.05) is 5.32 Å². The fraction of sp³-hybridized carbons (Fsp3) is 0.250. The summed E-state index contributed by atoms with van der Waals surface area (Å²) in [5.74, 6) is -1.25. The van der Waals surface area contributed by atoms with Crippen LogP contribution in [-0.4, -0.2) is 33.8 Å². The van der Waals surface area contributed by atoms with Gasteiger partial charge < -0.3 is 15.3 Å². The Bertz CT molecular complexity index is 1300. The van der Waals surface area contributed by atoms with Gasteiger partial charge in [0, 0.05) is 34.4 Å². The number of rotatable bonds is 5. The summed E-state index contributed by atoms with van der Waals surface area (Å²) >= 11 is 5.97. The van der Waals surface area contributed by atoms with Gasteiger partial charge in [0.25, 0.3) is 11.8 Å². The lowest BCUT2D eigenvalue weighted by molar-refractivity contribution is -0.143. The smallest absolute Gasteiger partial charge is 0.306 e. The van der Waals surface area contributed by atoms with Crippen LogP contribution < -0.4 is 5.32 Å². The molecular formula is C28H25ClN2O4. The van der Waals surface area contributed by atoms with Crippen molar-refractivity contribution >= 4 is 35.1 Å². The summed E-state index contributed by atoms with van der Waals surface area (Å²) in [4.78, 5) is 38.8. The van der Waals surface area contributed by atoms with E-state index in [2.05, 4.69) is 5.32 Å². The number of carboxylic acids is 1. The zero-order chi connectivity index (χ0) is 24.5. The first-order chi connectivity index (χ1) is 16.9. The Morgan fingerprint density at radius 1 is 0.914 bits per heavy atom. The minimum absolute atomic E-state index is 0.0195. The molecule has 1 fully saturated rings. The van der Waals surface area contributed by atoms with Gasteiger partial charge in [-0.1, -0.05) is 41.9 Å². The molecule has 0 atom stereocenters. The van der Waals surface area contributed by atoms with E-state index in [0.29, 0.717) is 41.2 Å². The highest BCUT2D eigenvalue weighted by Gasteiger charge is 2.36. The van der Waals surface area contributed by atoms with Gasteiger partial charge in [-0.2, -0.15) is 0 Å². The minimum Gasteiger partial charge on any atom is -0.481 e. The Balaban J connectivity index is 1.27. The number of fused-ring (bicyclic) bond motifs is 1. The predicted octanol–water partition coefficient (Wildman–Crippen LogP) is 5.86. The molecule has 1 heterocycles. The highest BCUT2D eigenvalue weighted by molar-refractivity contribution is 6.31. The average Bonchev–Trinajstić information content (AvgIpc) is 3.20. The van der Waals surface area contributed by atoms with Crippen LogP contribution in [0.15, 0.2) is 66.7 Å². The number of carbonyl (C=O) groups excluding carboxylic acids is 2. The number of aliphatic carboxylic acids is 1. The fourth-order valence-corrected chi connectivity index (χ4v) is 5.20. The van der Waals surface area contributed by atoms with E-state index in [1.54, 1.807) is 24.3 Å². The van der Waals surface area contributed by atoms with Crippen molar-refractivity contribution in [3.8, 4) is 11.1 Å². The van der Waals surface area contributed by atoms with Crippen molar-refractivity contribution in [2.45, 2.75) is 38.3 Å². The van der Waals surface area contributed by atoms with Crippen molar-refractivity contribution < 1.29 is 19.5 Å². The molecule has 3 aromatic carbocycles. The van der Waals surface area contributed by atoms with Gasteiger partial charge in [0.05, 0.1) is 5.92 Å². The minimum atomic E-state index is -0.737. The van der Waals surface area contributed by atoms with E-state index in [-0.39, 0.29) is 23.8 Å². The van der Waals surface area contributed by atoms with Crippen molar-refractivity contribution in [3.63, 3.8) is 0 Å². The number of hydrogen-bond donors (Lipinski definition) is 2. The second kappa shape index (κ2) is 9.55. The molecule has 6 nitrogen and oxygen atoms in total. The Morgan fingerprint density at radius 3 is 2.31 bits per heavy atom. The van der Waals surface area contributed by atoms with Crippen molar-refractivity contribution in [1.29, 1.82) is 0 Å². The zero-order valence-electron chi connectivity index (χ0n) is 19.0. The van der Waals surface area contributed by atoms with Gasteiger partial charge in [0.1, 0.15) is 0 Å². The van der Waals surface area contributed by atoms with Crippen molar-refractivity contribution in [1.82, 2.24) is 4.90 Å². The second-order valence-corrected chi connectivity index (χ2v) is 9.63. The summed E-state index contributed by atoms with van der Waals surface area (Å²) in [5, 5.41) is 12.6. The molecule has 1 aliphatic heterocycles. The molecular weight excluding hydrogens is 464 g/mol. The Labute approximate surface area is 208 Å². The maximum absolute atomic E-state index is 13.2. The van der Waals surface area contributed by atoms with Crippen LogP contribution in [0.25, 0.3) is 11.1 Å². The third-order valence-corrected chi connectivity index (χ3v) is 7.23. The second-order valence-electron chi connectivity index (χ2n) is 9.19. The summed E-state index contributed by atoms with van der Waals surface area (Å²) in [6, 6.07) is 20.3. The molecule has 0 saturated heterocycles. The molecule has 2 N–H and O–H groups in total. The van der Waals surface area contributed by atoms with Gasteiger partial charge in [0.15, 0.2) is 0 Å². The third kappa shape index (κ3) is 4.80. The maximum Gasteiger partial charge on any atom is 0.306 e. The first-order valence-corrected chi connectivity index (χ1v) is 12.1. The molecule has 178 valence electrons. The average molecular weight is 489 g/mol. The van der Waals surface area contributed by atoms with E-state index in [4.69, 9.17) is 11.6 Å². The van der Waals surface area contributed by atoms with Gasteiger partial charge in [-0.25, -0.2) is 0 Å². The van der Waals surface area contributed by atoms with Crippen LogP contribution in [0.1, 0.15) is 52.0 Å². The lowest BCUT2D eigenvalue weighted by Gasteiger charge is -2.33. The molecule has 35 heavy (non-hydrogen) atoms. The number of nitrogens with one attached hydrogen (secondary N) is 1. The Morgan fingerprint density at radius 2 is 1.63 bits per heavy atom. The summed E-state index contributed by atoms with van der Waals surface area (Å²) in [6.45, 7) is 0.575. The van der Waals surface area contributed by atoms with E-state index < -0.39 is 5.97 Å². The van der Waals surface area contributed by atoms with E-state index in [9.17, 15) is 19.5 Å². The van der Waals surface area contributed by atoms with Gasteiger partial charge in [-0.05, 0) is 78.8 Å². The number of carbonyl (C=O) groups is 3. The van der Waals surface area contributed by atoms with Gasteiger partial charge >= 0.3 is 5.97 Å². The number of halogens is 1. The van der Waals surface area contributed by atoms with Crippen LogP contribution in [0.5, 0.6) is 0 Å².